The quantitative estimate of drug-likeness (QED) is 0.0539. The summed E-state index contributed by atoms with van der Waals surface area (Å²) in [7, 11) is 0. The van der Waals surface area contributed by atoms with Gasteiger partial charge in [0.2, 0.25) is 17.8 Å². The number of carbonyl (C=O) groups excluding carboxylic acids is 6. The van der Waals surface area contributed by atoms with Crippen molar-refractivity contribution in [2.24, 2.45) is 17.8 Å². The molecule has 20 heteroatoms. The number of alkyl carbamates (subject to hydrolysis) is 1. The van der Waals surface area contributed by atoms with Gasteiger partial charge in [0, 0.05) is 43.3 Å². The standard InChI is InChI=1S/C32H31N7O13/c1-15-22(25(37-24(15)23(16(2)40)27(37)42)30(45)51-28(43)17-3-7-20(8-4-17)38(47)48)14-36-12-11-19(13-36)26(41)34-31(33)35-32(46)52-29(44)18-5-9-21(10-6-18)39(49)50/h3-10,15-16,19,23-24,40H,11-14H2,1-2H3,(H3,33,34,35,41,46)/t15-,16+,19-,23?,24+/m0/s1. The van der Waals surface area contributed by atoms with Crippen molar-refractivity contribution in [3.8, 4) is 0 Å². The molecular formula is C32H31N7O13. The smallest absolute Gasteiger partial charge is 0.393 e. The van der Waals surface area contributed by atoms with Crippen LogP contribution in [0.1, 0.15) is 41.0 Å². The predicted molar refractivity (Wildman–Crippen MR) is 173 cm³/mol. The first kappa shape index (κ1) is 36.9. The van der Waals surface area contributed by atoms with Crippen molar-refractivity contribution in [3.05, 3.63) is 91.2 Å². The van der Waals surface area contributed by atoms with Crippen LogP contribution in [0, 0.1) is 43.4 Å². The summed E-state index contributed by atoms with van der Waals surface area (Å²) in [5, 5.41) is 44.0. The highest BCUT2D eigenvalue weighted by atomic mass is 16.6. The van der Waals surface area contributed by atoms with Crippen LogP contribution in [0.25, 0.3) is 0 Å². The van der Waals surface area contributed by atoms with Gasteiger partial charge in [0.15, 0.2) is 0 Å². The Kier molecular flexibility index (Phi) is 10.5. The highest BCUT2D eigenvalue weighted by Gasteiger charge is 2.60. The van der Waals surface area contributed by atoms with Gasteiger partial charge in [-0.1, -0.05) is 6.92 Å². The van der Waals surface area contributed by atoms with Crippen LogP contribution in [-0.2, 0) is 23.9 Å². The number of aliphatic hydroxyl groups is 1. The SMILES string of the molecule is C[C@@H](O)C1C(=O)N2C(C(=O)OC(=O)c3ccc([N+](=O)[O-])cc3)=C(CN3CC[C@H](C(=O)NC(=N)NC(=O)OC(=O)c4ccc([N+](=O)[O-])cc4)C3)[C@H](C)[C@H]12. The van der Waals surface area contributed by atoms with Crippen LogP contribution in [-0.4, -0.2) is 98.3 Å². The molecule has 5 rings (SSSR count). The number of guanidine groups is 1. The molecule has 4 N–H and O–H groups in total. The van der Waals surface area contributed by atoms with Crippen LogP contribution < -0.4 is 10.6 Å². The van der Waals surface area contributed by atoms with Gasteiger partial charge < -0.3 is 19.5 Å². The number of likely N-dealkylation sites (tertiary alicyclic amines) is 1. The molecule has 52 heavy (non-hydrogen) atoms. The van der Waals surface area contributed by atoms with E-state index in [1.807, 2.05) is 10.2 Å². The number of non-ortho nitro benzene ring substituents is 2. The van der Waals surface area contributed by atoms with Crippen LogP contribution in [0.3, 0.4) is 0 Å². The Morgan fingerprint density at radius 2 is 1.46 bits per heavy atom. The molecule has 5 atom stereocenters. The molecule has 2 aromatic rings. The molecule has 0 aromatic heterocycles. The lowest BCUT2D eigenvalue weighted by molar-refractivity contribution is -0.385. The maximum Gasteiger partial charge on any atom is 0.421 e. The number of nitrogens with zero attached hydrogens (tertiary/aromatic N) is 4. The van der Waals surface area contributed by atoms with Crippen molar-refractivity contribution in [1.82, 2.24) is 20.4 Å². The second kappa shape index (κ2) is 14.8. The highest BCUT2D eigenvalue weighted by Crippen LogP contribution is 2.47. The highest BCUT2D eigenvalue weighted by molar-refractivity contribution is 6.07. The number of amides is 3. The van der Waals surface area contributed by atoms with Gasteiger partial charge in [0.05, 0.1) is 45.0 Å². The first-order chi connectivity index (χ1) is 24.6. The number of nitrogens with one attached hydrogen (secondary N) is 3. The fourth-order valence-corrected chi connectivity index (χ4v) is 6.43. The largest absolute Gasteiger partial charge is 0.421 e. The number of aliphatic hydroxyl groups excluding tert-OH is 1. The molecule has 0 aliphatic carbocycles. The van der Waals surface area contributed by atoms with E-state index in [1.54, 1.807) is 6.92 Å². The lowest BCUT2D eigenvalue weighted by atomic mass is 9.77. The molecule has 20 nitrogen and oxygen atoms in total. The van der Waals surface area contributed by atoms with Crippen molar-refractivity contribution in [3.63, 3.8) is 0 Å². The molecule has 0 saturated carbocycles. The maximum atomic E-state index is 13.5. The second-order valence-electron chi connectivity index (χ2n) is 12.3. The third-order valence-corrected chi connectivity index (χ3v) is 9.02. The van der Waals surface area contributed by atoms with E-state index in [2.05, 4.69) is 10.1 Å². The topological polar surface area (TPSA) is 282 Å². The zero-order valence-electron chi connectivity index (χ0n) is 27.5. The molecule has 2 saturated heterocycles. The monoisotopic (exact) mass is 721 g/mol. The number of rotatable bonds is 9. The van der Waals surface area contributed by atoms with E-state index < -0.39 is 81.5 Å². The van der Waals surface area contributed by atoms with Crippen LogP contribution in [0.4, 0.5) is 16.2 Å². The van der Waals surface area contributed by atoms with Gasteiger partial charge in [0.1, 0.15) is 5.70 Å². The summed E-state index contributed by atoms with van der Waals surface area (Å²) in [6.45, 7) is 3.74. The number of hydrogen-bond acceptors (Lipinski definition) is 15. The molecule has 2 fully saturated rings. The van der Waals surface area contributed by atoms with Crippen molar-refractivity contribution in [2.75, 3.05) is 19.6 Å². The van der Waals surface area contributed by atoms with Gasteiger partial charge in [-0.3, -0.25) is 50.8 Å². The minimum absolute atomic E-state index is 0.0701. The van der Waals surface area contributed by atoms with Crippen molar-refractivity contribution >= 4 is 53.1 Å². The van der Waals surface area contributed by atoms with Gasteiger partial charge in [0.25, 0.3) is 11.4 Å². The first-order valence-corrected chi connectivity index (χ1v) is 15.7. The number of ether oxygens (including phenoxy) is 2. The molecule has 0 radical (unpaired) electrons. The molecule has 272 valence electrons. The van der Waals surface area contributed by atoms with E-state index in [0.717, 1.165) is 48.5 Å². The van der Waals surface area contributed by atoms with Gasteiger partial charge in [-0.05, 0) is 49.7 Å². The van der Waals surface area contributed by atoms with E-state index in [4.69, 9.17) is 10.1 Å². The van der Waals surface area contributed by atoms with Gasteiger partial charge in [-0.15, -0.1) is 0 Å². The number of nitro groups is 2. The number of carbonyl (C=O) groups is 6. The fourth-order valence-electron chi connectivity index (χ4n) is 6.43. The lowest BCUT2D eigenvalue weighted by Crippen LogP contribution is -2.63. The Morgan fingerprint density at radius 1 is 0.923 bits per heavy atom. The Hall–Kier alpha value is -6.41. The van der Waals surface area contributed by atoms with Gasteiger partial charge in [-0.2, -0.15) is 0 Å². The molecule has 3 aliphatic heterocycles. The number of esters is 3. The first-order valence-electron chi connectivity index (χ1n) is 15.7. The average molecular weight is 722 g/mol. The van der Waals surface area contributed by atoms with Gasteiger partial charge in [-0.25, -0.2) is 19.2 Å². The average Bonchev–Trinajstić information content (AvgIpc) is 3.65. The number of nitro benzene ring substituents is 2. The molecule has 3 heterocycles. The molecule has 3 aliphatic rings. The van der Waals surface area contributed by atoms with Gasteiger partial charge >= 0.3 is 24.0 Å². The summed E-state index contributed by atoms with van der Waals surface area (Å²) in [5.74, 6) is -7.32. The second-order valence-corrected chi connectivity index (χ2v) is 12.3. The summed E-state index contributed by atoms with van der Waals surface area (Å²) in [6.07, 6.45) is -2.12. The Balaban J connectivity index is 1.20. The fraction of sp³-hybridized carbons (Fsp3) is 0.344. The number of β-lactam (4-membered cyclic amide) rings is 1. The molecule has 1 unspecified atom stereocenters. The summed E-state index contributed by atoms with van der Waals surface area (Å²) in [5.41, 5.74) is -0.617. The van der Waals surface area contributed by atoms with Crippen LogP contribution in [0.15, 0.2) is 59.8 Å². The Morgan fingerprint density at radius 3 is 1.98 bits per heavy atom. The number of hydrogen-bond donors (Lipinski definition) is 4. The molecule has 0 bridgehead atoms. The Bertz CT molecular complexity index is 1910. The van der Waals surface area contributed by atoms with E-state index >= 15 is 0 Å². The molecule has 0 spiro atoms. The molecule has 3 amide bonds. The van der Waals surface area contributed by atoms with Crippen molar-refractivity contribution in [1.29, 1.82) is 5.41 Å². The minimum atomic E-state index is -1.38. The van der Waals surface area contributed by atoms with E-state index in [0.29, 0.717) is 18.5 Å². The molecule has 2 aromatic carbocycles. The third kappa shape index (κ3) is 7.51. The van der Waals surface area contributed by atoms with Crippen LogP contribution >= 0.6 is 0 Å². The van der Waals surface area contributed by atoms with Crippen molar-refractivity contribution in [2.45, 2.75) is 32.4 Å². The minimum Gasteiger partial charge on any atom is -0.393 e. The van der Waals surface area contributed by atoms with E-state index in [-0.39, 0.29) is 41.3 Å². The van der Waals surface area contributed by atoms with Crippen molar-refractivity contribution < 1.29 is 53.2 Å². The summed E-state index contributed by atoms with van der Waals surface area (Å²) in [4.78, 5) is 99.9. The summed E-state index contributed by atoms with van der Waals surface area (Å²) < 4.78 is 9.67. The molecular weight excluding hydrogens is 690 g/mol. The third-order valence-electron chi connectivity index (χ3n) is 9.02. The zero-order chi connectivity index (χ0) is 38.0. The number of benzene rings is 2. The maximum absolute atomic E-state index is 13.5. The number of fused-ring (bicyclic) bond motifs is 1. The predicted octanol–water partition coefficient (Wildman–Crippen LogP) is 1.24. The zero-order valence-corrected chi connectivity index (χ0v) is 27.5. The summed E-state index contributed by atoms with van der Waals surface area (Å²) in [6, 6.07) is 8.02. The Labute approximate surface area is 293 Å². The lowest BCUT2D eigenvalue weighted by Gasteiger charge is -2.46. The van der Waals surface area contributed by atoms with E-state index in [9.17, 15) is 54.1 Å². The van der Waals surface area contributed by atoms with Crippen LogP contribution in [0.2, 0.25) is 0 Å². The normalized spacial score (nSPS) is 21.4. The summed E-state index contributed by atoms with van der Waals surface area (Å²) >= 11 is 0. The van der Waals surface area contributed by atoms with Crippen LogP contribution in [0.5, 0.6) is 0 Å². The van der Waals surface area contributed by atoms with E-state index in [1.165, 1.54) is 11.8 Å².